The lowest BCUT2D eigenvalue weighted by Crippen LogP contribution is -2.23. The summed E-state index contributed by atoms with van der Waals surface area (Å²) < 4.78 is 55.2. The number of aromatic nitrogens is 1. The van der Waals surface area contributed by atoms with Crippen LogP contribution in [-0.2, 0) is 23.2 Å². The fourth-order valence-corrected chi connectivity index (χ4v) is 4.26. The second-order valence-corrected chi connectivity index (χ2v) is 8.25. The molecule has 1 aromatic heterocycles. The van der Waals surface area contributed by atoms with E-state index in [1.165, 1.54) is 33.5 Å². The van der Waals surface area contributed by atoms with Crippen LogP contribution < -0.4 is 23.7 Å². The highest BCUT2D eigenvalue weighted by Gasteiger charge is 2.25. The van der Waals surface area contributed by atoms with Gasteiger partial charge in [0.25, 0.3) is 0 Å². The van der Waals surface area contributed by atoms with Crippen molar-refractivity contribution in [2.24, 2.45) is 0 Å². The summed E-state index contributed by atoms with van der Waals surface area (Å²) in [7, 11) is 0.686. The molecule has 0 aliphatic carbocycles. The Balaban J connectivity index is 1.60. The monoisotopic (exact) mass is 432 g/mol. The van der Waals surface area contributed by atoms with Crippen LogP contribution >= 0.6 is 0 Å². The van der Waals surface area contributed by atoms with Crippen molar-refractivity contribution >= 4 is 10.0 Å². The molecule has 0 saturated carbocycles. The largest absolute Gasteiger partial charge is 0.493 e. The van der Waals surface area contributed by atoms with Crippen LogP contribution in [0.3, 0.4) is 0 Å². The number of ether oxygens (including phenoxy) is 4. The minimum atomic E-state index is -3.81. The van der Waals surface area contributed by atoms with E-state index in [1.807, 2.05) is 0 Å². The van der Waals surface area contributed by atoms with Crippen molar-refractivity contribution in [3.63, 3.8) is 0 Å². The fraction of sp³-hybridized carbons (Fsp3) is 0.250. The number of nitrogens with zero attached hydrogens (tertiary/aromatic N) is 1. The molecule has 3 aromatic rings. The SMILES string of the molecule is COc1cc(CNS(=O)(=O)c2ccc3c(c2)-c2oncc2CO3)cc(OC)c1OC. The van der Waals surface area contributed by atoms with Crippen LogP contribution in [-0.4, -0.2) is 34.9 Å². The molecular weight excluding hydrogens is 412 g/mol. The van der Waals surface area contributed by atoms with Gasteiger partial charge in [-0.15, -0.1) is 0 Å². The Morgan fingerprint density at radius 3 is 2.47 bits per heavy atom. The van der Waals surface area contributed by atoms with Gasteiger partial charge in [-0.25, -0.2) is 13.1 Å². The van der Waals surface area contributed by atoms with E-state index in [-0.39, 0.29) is 11.4 Å². The van der Waals surface area contributed by atoms with Crippen LogP contribution in [0.2, 0.25) is 0 Å². The second-order valence-electron chi connectivity index (χ2n) is 6.48. The van der Waals surface area contributed by atoms with Crippen LogP contribution in [0.1, 0.15) is 11.1 Å². The smallest absolute Gasteiger partial charge is 0.240 e. The quantitative estimate of drug-likeness (QED) is 0.607. The molecule has 1 aliphatic heterocycles. The van der Waals surface area contributed by atoms with Crippen molar-refractivity contribution in [3.05, 3.63) is 47.7 Å². The first-order valence-electron chi connectivity index (χ1n) is 8.96. The number of hydrogen-bond donors (Lipinski definition) is 1. The van der Waals surface area contributed by atoms with Gasteiger partial charge < -0.3 is 23.5 Å². The lowest BCUT2D eigenvalue weighted by Gasteiger charge is -2.17. The minimum Gasteiger partial charge on any atom is -0.493 e. The molecule has 2 aromatic carbocycles. The van der Waals surface area contributed by atoms with Gasteiger partial charge in [0.05, 0.1) is 43.5 Å². The molecular formula is C20H20N2O7S. The zero-order valence-electron chi connectivity index (χ0n) is 16.6. The lowest BCUT2D eigenvalue weighted by atomic mass is 10.1. The van der Waals surface area contributed by atoms with Crippen LogP contribution in [0.4, 0.5) is 0 Å². The predicted octanol–water partition coefficient (Wildman–Crippen LogP) is 2.74. The standard InChI is InChI=1S/C20H20N2O7S/c1-25-17-6-12(7-18(26-2)20(17)27-3)9-22-30(23,24)14-4-5-16-15(8-14)19-13(11-28-16)10-21-29-19/h4-8,10,22H,9,11H2,1-3H3. The summed E-state index contributed by atoms with van der Waals surface area (Å²) in [6, 6.07) is 7.97. The van der Waals surface area contributed by atoms with Crippen LogP contribution in [0, 0.1) is 0 Å². The Bertz CT molecular complexity index is 1160. The Morgan fingerprint density at radius 2 is 1.80 bits per heavy atom. The van der Waals surface area contributed by atoms with E-state index in [2.05, 4.69) is 9.88 Å². The summed E-state index contributed by atoms with van der Waals surface area (Å²) in [5, 5.41) is 3.76. The van der Waals surface area contributed by atoms with Gasteiger partial charge in [0.1, 0.15) is 12.4 Å². The zero-order valence-corrected chi connectivity index (χ0v) is 17.4. The molecule has 2 heterocycles. The molecule has 1 N–H and O–H groups in total. The molecule has 0 bridgehead atoms. The molecule has 10 heteroatoms. The lowest BCUT2D eigenvalue weighted by molar-refractivity contribution is 0.297. The van der Waals surface area contributed by atoms with Gasteiger partial charge >= 0.3 is 0 Å². The highest BCUT2D eigenvalue weighted by atomic mass is 32.2. The van der Waals surface area contributed by atoms with E-state index in [1.54, 1.807) is 24.4 Å². The normalized spacial score (nSPS) is 12.5. The summed E-state index contributed by atoms with van der Waals surface area (Å²) in [4.78, 5) is 0.0848. The third-order valence-corrected chi connectivity index (χ3v) is 6.12. The molecule has 30 heavy (non-hydrogen) atoms. The molecule has 1 aliphatic rings. The predicted molar refractivity (Wildman–Crippen MR) is 106 cm³/mol. The highest BCUT2D eigenvalue weighted by molar-refractivity contribution is 7.89. The van der Waals surface area contributed by atoms with Crippen molar-refractivity contribution < 1.29 is 31.9 Å². The van der Waals surface area contributed by atoms with Crippen LogP contribution in [0.25, 0.3) is 11.3 Å². The van der Waals surface area contributed by atoms with Crippen molar-refractivity contribution in [2.45, 2.75) is 18.0 Å². The zero-order chi connectivity index (χ0) is 21.3. The van der Waals surface area contributed by atoms with E-state index < -0.39 is 10.0 Å². The minimum absolute atomic E-state index is 0.0280. The van der Waals surface area contributed by atoms with Gasteiger partial charge in [-0.2, -0.15) is 0 Å². The van der Waals surface area contributed by atoms with E-state index in [0.717, 1.165) is 5.56 Å². The van der Waals surface area contributed by atoms with Gasteiger partial charge in [-0.1, -0.05) is 5.16 Å². The maximum atomic E-state index is 12.9. The number of benzene rings is 2. The first-order chi connectivity index (χ1) is 14.5. The first-order valence-corrected chi connectivity index (χ1v) is 10.4. The summed E-state index contributed by atoms with van der Waals surface area (Å²) in [6.07, 6.45) is 1.56. The molecule has 158 valence electrons. The average molecular weight is 432 g/mol. The van der Waals surface area contributed by atoms with Gasteiger partial charge in [0.15, 0.2) is 17.3 Å². The maximum absolute atomic E-state index is 12.9. The molecule has 0 spiro atoms. The van der Waals surface area contributed by atoms with Crippen molar-refractivity contribution in [3.8, 4) is 34.3 Å². The van der Waals surface area contributed by atoms with Gasteiger partial charge in [0, 0.05) is 6.54 Å². The summed E-state index contributed by atoms with van der Waals surface area (Å²) >= 11 is 0. The van der Waals surface area contributed by atoms with Crippen LogP contribution in [0.5, 0.6) is 23.0 Å². The van der Waals surface area contributed by atoms with Crippen molar-refractivity contribution in [1.29, 1.82) is 0 Å². The second kappa shape index (κ2) is 7.88. The number of rotatable bonds is 7. The summed E-state index contributed by atoms with van der Waals surface area (Å²) in [5.41, 5.74) is 1.96. The Hall–Kier alpha value is -3.24. The first kappa shape index (κ1) is 20.0. The van der Waals surface area contributed by atoms with E-state index in [0.29, 0.717) is 46.5 Å². The third kappa shape index (κ3) is 3.55. The summed E-state index contributed by atoms with van der Waals surface area (Å²) in [5.74, 6) is 2.37. The van der Waals surface area contributed by atoms with E-state index in [4.69, 9.17) is 23.5 Å². The number of fused-ring (bicyclic) bond motifs is 3. The Morgan fingerprint density at radius 1 is 1.07 bits per heavy atom. The number of hydrogen-bond acceptors (Lipinski definition) is 8. The number of sulfonamides is 1. The Labute approximate surface area is 173 Å². The molecule has 0 radical (unpaired) electrons. The van der Waals surface area contributed by atoms with Gasteiger partial charge in [-0.3, -0.25) is 0 Å². The van der Waals surface area contributed by atoms with Gasteiger partial charge in [0.2, 0.25) is 15.8 Å². The third-order valence-electron chi connectivity index (χ3n) is 4.72. The number of nitrogens with one attached hydrogen (secondary N) is 1. The maximum Gasteiger partial charge on any atom is 0.240 e. The Kier molecular flexibility index (Phi) is 5.27. The van der Waals surface area contributed by atoms with Crippen LogP contribution in [0.15, 0.2) is 45.9 Å². The molecule has 4 rings (SSSR count). The molecule has 0 atom stereocenters. The molecule has 0 amide bonds. The number of methoxy groups -OCH3 is 3. The van der Waals surface area contributed by atoms with E-state index in [9.17, 15) is 8.42 Å². The molecule has 0 unspecified atom stereocenters. The van der Waals surface area contributed by atoms with Crippen molar-refractivity contribution in [1.82, 2.24) is 9.88 Å². The fourth-order valence-electron chi connectivity index (χ4n) is 3.22. The van der Waals surface area contributed by atoms with E-state index >= 15 is 0 Å². The molecule has 9 nitrogen and oxygen atoms in total. The summed E-state index contributed by atoms with van der Waals surface area (Å²) in [6.45, 7) is 0.359. The highest BCUT2D eigenvalue weighted by Crippen LogP contribution is 2.39. The molecule has 0 saturated heterocycles. The van der Waals surface area contributed by atoms with Gasteiger partial charge in [-0.05, 0) is 35.9 Å². The molecule has 0 fully saturated rings. The van der Waals surface area contributed by atoms with Crippen molar-refractivity contribution in [2.75, 3.05) is 21.3 Å². The topological polar surface area (TPSA) is 109 Å². The average Bonchev–Trinajstić information content (AvgIpc) is 3.26.